The van der Waals surface area contributed by atoms with Crippen LogP contribution in [0.4, 0.5) is 5.69 Å². The van der Waals surface area contributed by atoms with Gasteiger partial charge < -0.3 is 15.4 Å². The number of carbonyl (C=O) groups is 1. The van der Waals surface area contributed by atoms with E-state index in [4.69, 9.17) is 4.74 Å². The van der Waals surface area contributed by atoms with E-state index in [-0.39, 0.29) is 18.6 Å². The summed E-state index contributed by atoms with van der Waals surface area (Å²) in [7, 11) is 0. The summed E-state index contributed by atoms with van der Waals surface area (Å²) < 4.78 is 6.66. The number of carbonyl (C=O) groups excluding carboxylic acids is 1. The molecule has 0 saturated carbocycles. The first kappa shape index (κ1) is 14.5. The smallest absolute Gasteiger partial charge is 0.250 e. The van der Waals surface area contributed by atoms with Gasteiger partial charge in [0.05, 0.1) is 6.10 Å². The van der Waals surface area contributed by atoms with E-state index in [9.17, 15) is 4.79 Å². The maximum Gasteiger partial charge on any atom is 0.250 e. The Morgan fingerprint density at radius 1 is 1.47 bits per heavy atom. The van der Waals surface area contributed by atoms with Crippen LogP contribution in [0.5, 0.6) is 0 Å². The van der Waals surface area contributed by atoms with Gasteiger partial charge in [0.15, 0.2) is 0 Å². The number of ether oxygens (including phenoxy) is 1. The lowest BCUT2D eigenvalue weighted by molar-refractivity contribution is -0.124. The van der Waals surface area contributed by atoms with Crippen molar-refractivity contribution in [1.29, 1.82) is 0 Å². The highest BCUT2D eigenvalue weighted by molar-refractivity contribution is 9.10. The molecule has 1 fully saturated rings. The molecule has 2 atom stereocenters. The van der Waals surface area contributed by atoms with Gasteiger partial charge in [-0.05, 0) is 43.1 Å². The lowest BCUT2D eigenvalue weighted by Crippen LogP contribution is -2.42. The molecule has 1 aliphatic heterocycles. The summed E-state index contributed by atoms with van der Waals surface area (Å²) in [6.45, 7) is 4.13. The van der Waals surface area contributed by atoms with E-state index in [1.54, 1.807) is 0 Å². The van der Waals surface area contributed by atoms with Crippen molar-refractivity contribution in [1.82, 2.24) is 5.32 Å². The van der Waals surface area contributed by atoms with Gasteiger partial charge in [0.1, 0.15) is 6.61 Å². The predicted octanol–water partition coefficient (Wildman–Crippen LogP) is 2.40. The van der Waals surface area contributed by atoms with Crippen molar-refractivity contribution in [3.05, 3.63) is 28.7 Å². The van der Waals surface area contributed by atoms with Crippen molar-refractivity contribution in [3.8, 4) is 0 Å². The van der Waals surface area contributed by atoms with Gasteiger partial charge in [-0.2, -0.15) is 0 Å². The molecule has 4 nitrogen and oxygen atoms in total. The van der Waals surface area contributed by atoms with Gasteiger partial charge in [-0.25, -0.2) is 0 Å². The number of halogens is 1. The molecule has 1 saturated heterocycles. The third-order valence-electron chi connectivity index (χ3n) is 3.31. The summed E-state index contributed by atoms with van der Waals surface area (Å²) in [5, 5.41) is 6.10. The molecule has 0 radical (unpaired) electrons. The van der Waals surface area contributed by atoms with Crippen molar-refractivity contribution < 1.29 is 9.53 Å². The van der Waals surface area contributed by atoms with Crippen molar-refractivity contribution in [3.63, 3.8) is 0 Å². The Morgan fingerprint density at radius 2 is 2.21 bits per heavy atom. The highest BCUT2D eigenvalue weighted by Gasteiger charge is 2.22. The zero-order valence-electron chi connectivity index (χ0n) is 11.0. The van der Waals surface area contributed by atoms with Crippen LogP contribution in [0.25, 0.3) is 0 Å². The molecule has 1 amide bonds. The van der Waals surface area contributed by atoms with E-state index >= 15 is 0 Å². The maximum absolute atomic E-state index is 11.8. The minimum Gasteiger partial charge on any atom is -0.367 e. The number of rotatable bonds is 4. The zero-order chi connectivity index (χ0) is 13.7. The van der Waals surface area contributed by atoms with Crippen LogP contribution in [-0.4, -0.2) is 31.7 Å². The molecule has 1 aromatic carbocycles. The Bertz CT molecular complexity index is 422. The van der Waals surface area contributed by atoms with E-state index in [2.05, 4.69) is 33.5 Å². The van der Waals surface area contributed by atoms with E-state index < -0.39 is 0 Å². The van der Waals surface area contributed by atoms with Crippen LogP contribution in [0.2, 0.25) is 0 Å². The van der Waals surface area contributed by atoms with Gasteiger partial charge in [0.2, 0.25) is 5.91 Å². The number of anilines is 1. The zero-order valence-corrected chi connectivity index (χ0v) is 12.6. The molecule has 19 heavy (non-hydrogen) atoms. The number of hydrogen-bond donors (Lipinski definition) is 2. The van der Waals surface area contributed by atoms with Crippen molar-refractivity contribution >= 4 is 27.5 Å². The van der Waals surface area contributed by atoms with Crippen LogP contribution in [-0.2, 0) is 9.53 Å². The number of benzene rings is 1. The molecule has 0 aliphatic carbocycles. The average Bonchev–Trinajstić information content (AvgIpc) is 2.40. The Morgan fingerprint density at radius 3 is 2.89 bits per heavy atom. The van der Waals surface area contributed by atoms with Crippen molar-refractivity contribution in [2.75, 3.05) is 25.0 Å². The summed E-state index contributed by atoms with van der Waals surface area (Å²) in [4.78, 5) is 11.8. The second-order valence-corrected chi connectivity index (χ2v) is 5.79. The Balaban J connectivity index is 1.76. The van der Waals surface area contributed by atoms with Crippen LogP contribution in [0.3, 0.4) is 0 Å². The standard InChI is InChI=1S/C14H19BrN2O2/c1-10-6-7-16-8-13(10)19-9-14(18)17-12-4-2-11(15)3-5-12/h2-5,10,13,16H,6-9H2,1H3,(H,17,18). The quantitative estimate of drug-likeness (QED) is 0.893. The Hall–Kier alpha value is -0.910. The molecule has 2 N–H and O–H groups in total. The molecule has 104 valence electrons. The number of amides is 1. The van der Waals surface area contributed by atoms with Gasteiger partial charge in [0.25, 0.3) is 0 Å². The largest absolute Gasteiger partial charge is 0.367 e. The minimum atomic E-state index is -0.111. The summed E-state index contributed by atoms with van der Waals surface area (Å²) >= 11 is 3.36. The minimum absolute atomic E-state index is 0.104. The van der Waals surface area contributed by atoms with Gasteiger partial charge in [-0.3, -0.25) is 4.79 Å². The number of piperidine rings is 1. The summed E-state index contributed by atoms with van der Waals surface area (Å²) in [5.41, 5.74) is 0.784. The molecule has 1 aliphatic rings. The lowest BCUT2D eigenvalue weighted by Gasteiger charge is -2.29. The monoisotopic (exact) mass is 326 g/mol. The highest BCUT2D eigenvalue weighted by Crippen LogP contribution is 2.16. The fraction of sp³-hybridized carbons (Fsp3) is 0.500. The van der Waals surface area contributed by atoms with Gasteiger partial charge in [-0.1, -0.05) is 22.9 Å². The fourth-order valence-electron chi connectivity index (χ4n) is 2.10. The first-order valence-electron chi connectivity index (χ1n) is 6.53. The molecule has 1 heterocycles. The van der Waals surface area contributed by atoms with E-state index in [0.29, 0.717) is 5.92 Å². The Labute approximate surface area is 122 Å². The molecule has 0 aromatic heterocycles. The SMILES string of the molecule is CC1CCNCC1OCC(=O)Nc1ccc(Br)cc1. The third-order valence-corrected chi connectivity index (χ3v) is 3.84. The topological polar surface area (TPSA) is 50.4 Å². The van der Waals surface area contributed by atoms with E-state index in [1.165, 1.54) is 0 Å². The van der Waals surface area contributed by atoms with Crippen LogP contribution in [0.15, 0.2) is 28.7 Å². The first-order valence-corrected chi connectivity index (χ1v) is 7.32. The van der Waals surface area contributed by atoms with Crippen molar-refractivity contribution in [2.45, 2.75) is 19.4 Å². The van der Waals surface area contributed by atoms with Crippen LogP contribution in [0, 0.1) is 5.92 Å². The summed E-state index contributed by atoms with van der Waals surface area (Å²) in [6.07, 6.45) is 1.23. The Kier molecular flexibility index (Phi) is 5.36. The molecule has 0 bridgehead atoms. The van der Waals surface area contributed by atoms with Crippen molar-refractivity contribution in [2.24, 2.45) is 5.92 Å². The maximum atomic E-state index is 11.8. The van der Waals surface area contributed by atoms with Gasteiger partial charge in [-0.15, -0.1) is 0 Å². The highest BCUT2D eigenvalue weighted by atomic mass is 79.9. The average molecular weight is 327 g/mol. The van der Waals surface area contributed by atoms with Gasteiger partial charge in [0, 0.05) is 16.7 Å². The normalized spacial score (nSPS) is 23.1. The fourth-order valence-corrected chi connectivity index (χ4v) is 2.36. The molecule has 1 aromatic rings. The molecule has 0 spiro atoms. The second kappa shape index (κ2) is 7.03. The van der Waals surface area contributed by atoms with Crippen LogP contribution < -0.4 is 10.6 Å². The molecule has 2 unspecified atom stereocenters. The predicted molar refractivity (Wildman–Crippen MR) is 79.2 cm³/mol. The number of hydrogen-bond acceptors (Lipinski definition) is 3. The summed E-state index contributed by atoms with van der Waals surface area (Å²) in [5.74, 6) is 0.391. The molecular weight excluding hydrogens is 308 g/mol. The second-order valence-electron chi connectivity index (χ2n) is 4.87. The van der Waals surface area contributed by atoms with E-state index in [1.807, 2.05) is 24.3 Å². The third kappa shape index (κ3) is 4.60. The molecule has 2 rings (SSSR count). The number of nitrogens with one attached hydrogen (secondary N) is 2. The molecule has 5 heteroatoms. The van der Waals surface area contributed by atoms with Gasteiger partial charge >= 0.3 is 0 Å². The summed E-state index contributed by atoms with van der Waals surface area (Å²) in [6, 6.07) is 7.49. The lowest BCUT2D eigenvalue weighted by atomic mass is 9.97. The van der Waals surface area contributed by atoms with Crippen LogP contribution >= 0.6 is 15.9 Å². The van der Waals surface area contributed by atoms with Crippen LogP contribution in [0.1, 0.15) is 13.3 Å². The first-order chi connectivity index (χ1) is 9.15. The van der Waals surface area contributed by atoms with E-state index in [0.717, 1.165) is 29.7 Å². The molecular formula is C14H19BrN2O2.